The van der Waals surface area contributed by atoms with Gasteiger partial charge in [0.05, 0.1) is 24.2 Å². The summed E-state index contributed by atoms with van der Waals surface area (Å²) in [6.45, 7) is 15.1. The molecule has 1 aromatic heterocycles. The van der Waals surface area contributed by atoms with Crippen LogP contribution >= 0.6 is 11.3 Å². The lowest BCUT2D eigenvalue weighted by Crippen LogP contribution is -2.61. The lowest BCUT2D eigenvalue weighted by atomic mass is 9.72. The molecule has 2 fully saturated rings. The minimum atomic E-state index is -0.916. The number of aliphatic hydroxyl groups is 1. The minimum absolute atomic E-state index is 0.0106. The molecule has 0 bridgehead atoms. The highest BCUT2D eigenvalue weighted by Gasteiger charge is 2.43. The van der Waals surface area contributed by atoms with Crippen LogP contribution in [0.3, 0.4) is 0 Å². The number of aliphatic hydroxyl groups excluding tert-OH is 1. The highest BCUT2D eigenvalue weighted by Crippen LogP contribution is 2.39. The molecule has 260 valence electrons. The SMILES string of the molecule is CC(=O)CC(C)(C)[C@H](NCc1ccc(C)s1)C(=O)NC(Cc1ccccc1)[C@H](O)CN1CC2CCCC[C@H]2C[C@H]1C(=O)NC(C)(C)C. The Hall–Kier alpha value is -2.59. The summed E-state index contributed by atoms with van der Waals surface area (Å²) in [5.74, 6) is 0.830. The van der Waals surface area contributed by atoms with E-state index in [1.807, 2.05) is 65.0 Å². The number of likely N-dealkylation sites (tertiary alicyclic amines) is 1. The van der Waals surface area contributed by atoms with Crippen LogP contribution in [0.2, 0.25) is 0 Å². The number of carbonyl (C=O) groups excluding carboxylic acids is 3. The summed E-state index contributed by atoms with van der Waals surface area (Å²) >= 11 is 1.68. The molecule has 2 aromatic rings. The second-order valence-electron chi connectivity index (χ2n) is 15.8. The molecule has 2 unspecified atom stereocenters. The minimum Gasteiger partial charge on any atom is -0.390 e. The summed E-state index contributed by atoms with van der Waals surface area (Å²) in [5, 5.41) is 21.9. The maximum atomic E-state index is 14.2. The molecule has 1 saturated heterocycles. The van der Waals surface area contributed by atoms with Crippen molar-refractivity contribution in [2.24, 2.45) is 17.3 Å². The average Bonchev–Trinajstić information content (AvgIpc) is 3.40. The maximum Gasteiger partial charge on any atom is 0.238 e. The fourth-order valence-electron chi connectivity index (χ4n) is 7.66. The van der Waals surface area contributed by atoms with E-state index in [1.165, 1.54) is 17.7 Å². The Morgan fingerprint density at radius 1 is 1.00 bits per heavy atom. The first-order valence-corrected chi connectivity index (χ1v) is 18.3. The molecule has 1 aromatic carbocycles. The predicted octanol–water partition coefficient (Wildman–Crippen LogP) is 5.40. The van der Waals surface area contributed by atoms with E-state index < -0.39 is 23.6 Å². The van der Waals surface area contributed by atoms with Gasteiger partial charge in [-0.05, 0) is 88.8 Å². The number of fused-ring (bicyclic) bond motifs is 1. The maximum absolute atomic E-state index is 14.2. The molecule has 0 radical (unpaired) electrons. The molecule has 1 aliphatic carbocycles. The smallest absolute Gasteiger partial charge is 0.238 e. The number of amides is 2. The lowest BCUT2D eigenvalue weighted by molar-refractivity contribution is -0.134. The van der Waals surface area contributed by atoms with E-state index in [2.05, 4.69) is 39.9 Å². The molecule has 2 aliphatic rings. The number of thiophene rings is 1. The third-order valence-corrected chi connectivity index (χ3v) is 10.8. The zero-order chi connectivity index (χ0) is 34.4. The van der Waals surface area contributed by atoms with Gasteiger partial charge in [0, 0.05) is 41.3 Å². The zero-order valence-corrected chi connectivity index (χ0v) is 30.4. The number of nitrogens with zero attached hydrogens (tertiary/aromatic N) is 1. The Kier molecular flexibility index (Phi) is 12.8. The van der Waals surface area contributed by atoms with Crippen molar-refractivity contribution in [2.75, 3.05) is 13.1 Å². The molecular formula is C38H58N4O4S. The lowest BCUT2D eigenvalue weighted by Gasteiger charge is -2.47. The van der Waals surface area contributed by atoms with Crippen LogP contribution in [-0.2, 0) is 27.3 Å². The van der Waals surface area contributed by atoms with E-state index in [1.54, 1.807) is 18.3 Å². The van der Waals surface area contributed by atoms with Gasteiger partial charge in [0.2, 0.25) is 11.8 Å². The quantitative estimate of drug-likeness (QED) is 0.215. The normalized spacial score (nSPS) is 22.5. The van der Waals surface area contributed by atoms with Gasteiger partial charge in [-0.1, -0.05) is 63.4 Å². The van der Waals surface area contributed by atoms with Gasteiger partial charge in [-0.2, -0.15) is 0 Å². The molecule has 47 heavy (non-hydrogen) atoms. The van der Waals surface area contributed by atoms with Crippen molar-refractivity contribution < 1.29 is 19.5 Å². The van der Waals surface area contributed by atoms with Gasteiger partial charge in [-0.25, -0.2) is 0 Å². The summed E-state index contributed by atoms with van der Waals surface area (Å²) in [5.41, 5.74) is -0.0133. The number of hydrogen-bond acceptors (Lipinski definition) is 7. The van der Waals surface area contributed by atoms with Crippen LogP contribution in [0.15, 0.2) is 42.5 Å². The summed E-state index contributed by atoms with van der Waals surface area (Å²) in [4.78, 5) is 44.7. The van der Waals surface area contributed by atoms with Gasteiger partial charge in [-0.3, -0.25) is 14.5 Å². The van der Waals surface area contributed by atoms with E-state index in [0.717, 1.165) is 36.2 Å². The molecule has 1 aliphatic heterocycles. The molecule has 2 heterocycles. The Morgan fingerprint density at radius 2 is 1.68 bits per heavy atom. The first kappa shape index (κ1) is 37.2. The molecule has 1 saturated carbocycles. The van der Waals surface area contributed by atoms with Gasteiger partial charge >= 0.3 is 0 Å². The molecule has 9 heteroatoms. The van der Waals surface area contributed by atoms with Crippen molar-refractivity contribution in [1.82, 2.24) is 20.9 Å². The second-order valence-corrected chi connectivity index (χ2v) is 17.2. The number of ketones is 1. The Morgan fingerprint density at radius 3 is 2.30 bits per heavy atom. The standard InChI is InChI=1S/C38H58N4O4S/c1-25(43)21-38(6,7)34(39-22-30-18-17-26(2)47-30)36(46)40-31(19-27-13-9-8-10-14-27)33(44)24-42-23-29-16-12-11-15-28(29)20-32(42)35(45)41-37(3,4)5/h8-10,13-14,17-18,28-29,31-34,39,44H,11-12,15-16,19-24H2,1-7H3,(H,40,46)(H,41,45)/t28-,29?,31?,32-,33+,34+/m0/s1. The van der Waals surface area contributed by atoms with Gasteiger partial charge in [0.15, 0.2) is 0 Å². The molecule has 8 nitrogen and oxygen atoms in total. The van der Waals surface area contributed by atoms with Gasteiger partial charge in [0.1, 0.15) is 5.78 Å². The van der Waals surface area contributed by atoms with E-state index in [9.17, 15) is 19.5 Å². The number of benzene rings is 1. The summed E-state index contributed by atoms with van der Waals surface area (Å²) in [7, 11) is 0. The van der Waals surface area contributed by atoms with Crippen LogP contribution in [-0.4, -0.2) is 70.5 Å². The molecule has 4 rings (SSSR count). The number of β-amino-alcohol motifs (C(OH)–C–C–N with tert-alkyl or cyclic N) is 1. The van der Waals surface area contributed by atoms with Crippen LogP contribution in [0, 0.1) is 24.2 Å². The number of nitrogens with one attached hydrogen (secondary N) is 3. The fraction of sp³-hybridized carbons (Fsp3) is 0.658. The highest BCUT2D eigenvalue weighted by atomic mass is 32.1. The first-order chi connectivity index (χ1) is 22.1. The number of hydrogen-bond donors (Lipinski definition) is 4. The average molecular weight is 667 g/mol. The number of aryl methyl sites for hydroxylation is 1. The van der Waals surface area contributed by atoms with E-state index in [4.69, 9.17) is 0 Å². The van der Waals surface area contributed by atoms with Crippen LogP contribution < -0.4 is 16.0 Å². The largest absolute Gasteiger partial charge is 0.390 e. The third kappa shape index (κ3) is 11.0. The van der Waals surface area contributed by atoms with Crippen molar-refractivity contribution in [2.45, 2.75) is 130 Å². The zero-order valence-electron chi connectivity index (χ0n) is 29.6. The van der Waals surface area contributed by atoms with Crippen LogP contribution in [0.1, 0.15) is 95.4 Å². The van der Waals surface area contributed by atoms with Gasteiger partial charge in [0.25, 0.3) is 0 Å². The van der Waals surface area contributed by atoms with E-state index in [0.29, 0.717) is 24.8 Å². The first-order valence-electron chi connectivity index (χ1n) is 17.5. The monoisotopic (exact) mass is 666 g/mol. The summed E-state index contributed by atoms with van der Waals surface area (Å²) in [6.07, 6.45) is 5.29. The fourth-order valence-corrected chi connectivity index (χ4v) is 8.50. The van der Waals surface area contributed by atoms with Crippen molar-refractivity contribution in [1.29, 1.82) is 0 Å². The number of rotatable bonds is 14. The Labute approximate surface area is 286 Å². The topological polar surface area (TPSA) is 111 Å². The molecule has 4 N–H and O–H groups in total. The Balaban J connectivity index is 1.58. The second kappa shape index (κ2) is 16.2. The molecule has 2 amide bonds. The van der Waals surface area contributed by atoms with Crippen LogP contribution in [0.25, 0.3) is 0 Å². The predicted molar refractivity (Wildman–Crippen MR) is 190 cm³/mol. The van der Waals surface area contributed by atoms with Crippen LogP contribution in [0.4, 0.5) is 0 Å². The molecule has 6 atom stereocenters. The number of piperidine rings is 1. The number of carbonyl (C=O) groups is 3. The van der Waals surface area contributed by atoms with Gasteiger partial charge < -0.3 is 25.9 Å². The van der Waals surface area contributed by atoms with Crippen molar-refractivity contribution in [3.8, 4) is 0 Å². The Bertz CT molecular complexity index is 1340. The summed E-state index contributed by atoms with van der Waals surface area (Å²) < 4.78 is 0. The highest BCUT2D eigenvalue weighted by molar-refractivity contribution is 7.11. The van der Waals surface area contributed by atoms with Crippen molar-refractivity contribution >= 4 is 28.9 Å². The number of Topliss-reactive ketones (excluding diaryl/α,β-unsaturated/α-hetero) is 1. The molecule has 0 spiro atoms. The molecular weight excluding hydrogens is 609 g/mol. The van der Waals surface area contributed by atoms with Gasteiger partial charge in [-0.15, -0.1) is 11.3 Å². The van der Waals surface area contributed by atoms with E-state index in [-0.39, 0.29) is 42.1 Å². The van der Waals surface area contributed by atoms with Crippen LogP contribution in [0.5, 0.6) is 0 Å². The van der Waals surface area contributed by atoms with E-state index >= 15 is 0 Å². The van der Waals surface area contributed by atoms with Crippen molar-refractivity contribution in [3.05, 3.63) is 57.8 Å². The van der Waals surface area contributed by atoms with Crippen molar-refractivity contribution in [3.63, 3.8) is 0 Å². The summed E-state index contributed by atoms with van der Waals surface area (Å²) in [6, 6.07) is 12.4. The third-order valence-electron chi connectivity index (χ3n) is 9.84.